The average Bonchev–Trinajstić information content (AvgIpc) is 3.08. The highest BCUT2D eigenvalue weighted by molar-refractivity contribution is 5.98. The first kappa shape index (κ1) is 16.8. The van der Waals surface area contributed by atoms with Crippen molar-refractivity contribution in [2.24, 2.45) is 0 Å². The van der Waals surface area contributed by atoms with E-state index in [1.807, 2.05) is 38.1 Å². The van der Waals surface area contributed by atoms with Crippen molar-refractivity contribution in [1.29, 1.82) is 0 Å². The van der Waals surface area contributed by atoms with E-state index in [9.17, 15) is 9.18 Å². The van der Waals surface area contributed by atoms with Crippen molar-refractivity contribution >= 4 is 11.6 Å². The molecule has 0 aliphatic heterocycles. The maximum absolute atomic E-state index is 13.1. The first-order valence-corrected chi connectivity index (χ1v) is 7.94. The summed E-state index contributed by atoms with van der Waals surface area (Å²) in [6.07, 6.45) is 3.12. The zero-order valence-electron chi connectivity index (χ0n) is 14.1. The average molecular weight is 338 g/mol. The molecule has 0 fully saturated rings. The first-order valence-electron chi connectivity index (χ1n) is 7.94. The minimum absolute atomic E-state index is 0.156. The number of rotatable bonds is 5. The van der Waals surface area contributed by atoms with Crippen LogP contribution in [0.1, 0.15) is 25.0 Å². The fraction of sp³-hybridized carbons (Fsp3) is 0.211. The van der Waals surface area contributed by atoms with Crippen LogP contribution in [0.4, 0.5) is 10.1 Å². The van der Waals surface area contributed by atoms with Gasteiger partial charge in [-0.2, -0.15) is 5.10 Å². The fourth-order valence-corrected chi connectivity index (χ4v) is 2.53. The van der Waals surface area contributed by atoms with Crippen molar-refractivity contribution in [2.45, 2.75) is 25.8 Å². The quantitative estimate of drug-likeness (QED) is 0.776. The minimum atomic E-state index is -0.782. The molecule has 0 radical (unpaired) electrons. The molecule has 0 aliphatic rings. The number of carbonyl (C=O) groups excluding carboxylic acids is 1. The third-order valence-electron chi connectivity index (χ3n) is 4.13. The molecule has 1 N–H and O–H groups in total. The predicted molar refractivity (Wildman–Crippen MR) is 93.6 cm³/mol. The lowest BCUT2D eigenvalue weighted by atomic mass is 9.83. The number of halogens is 1. The lowest BCUT2D eigenvalue weighted by Gasteiger charge is -2.24. The van der Waals surface area contributed by atoms with Gasteiger partial charge in [-0.25, -0.2) is 14.1 Å². The Hall–Kier alpha value is -3.02. The van der Waals surface area contributed by atoms with Crippen LogP contribution in [-0.4, -0.2) is 20.7 Å². The lowest BCUT2D eigenvalue weighted by Crippen LogP contribution is -2.34. The van der Waals surface area contributed by atoms with Crippen LogP contribution < -0.4 is 5.32 Å². The van der Waals surface area contributed by atoms with E-state index in [4.69, 9.17) is 0 Å². The molecule has 0 saturated carbocycles. The van der Waals surface area contributed by atoms with Gasteiger partial charge in [-0.05, 0) is 49.2 Å². The van der Waals surface area contributed by atoms with E-state index < -0.39 is 5.41 Å². The van der Waals surface area contributed by atoms with Crippen molar-refractivity contribution in [1.82, 2.24) is 14.8 Å². The third-order valence-corrected chi connectivity index (χ3v) is 4.13. The third kappa shape index (κ3) is 3.91. The number of anilines is 1. The van der Waals surface area contributed by atoms with Gasteiger partial charge in [0.15, 0.2) is 0 Å². The number of aromatic nitrogens is 3. The monoisotopic (exact) mass is 338 g/mol. The Morgan fingerprint density at radius 2 is 1.96 bits per heavy atom. The summed E-state index contributed by atoms with van der Waals surface area (Å²) in [5.41, 5.74) is 1.68. The molecule has 6 heteroatoms. The van der Waals surface area contributed by atoms with Crippen molar-refractivity contribution in [3.05, 3.63) is 78.1 Å². The molecule has 0 aliphatic carbocycles. The van der Waals surface area contributed by atoms with E-state index >= 15 is 0 Å². The standard InChI is InChI=1S/C19H19FN4O/c1-19(2,15-6-8-16(20)9-7-15)18(25)23-17-5-3-4-14(10-17)11-24-13-21-12-22-24/h3-10,12-13H,11H2,1-2H3,(H,23,25). The molecule has 0 saturated heterocycles. The summed E-state index contributed by atoms with van der Waals surface area (Å²) in [5.74, 6) is -0.474. The van der Waals surface area contributed by atoms with Crippen LogP contribution in [0.15, 0.2) is 61.2 Å². The molecule has 5 nitrogen and oxygen atoms in total. The van der Waals surface area contributed by atoms with Crippen LogP contribution in [0.3, 0.4) is 0 Å². The smallest absolute Gasteiger partial charge is 0.234 e. The molecule has 0 atom stereocenters. The maximum Gasteiger partial charge on any atom is 0.234 e. The Bertz CT molecular complexity index is 857. The lowest BCUT2D eigenvalue weighted by molar-refractivity contribution is -0.120. The van der Waals surface area contributed by atoms with Gasteiger partial charge < -0.3 is 5.32 Å². The second-order valence-corrected chi connectivity index (χ2v) is 6.38. The van der Waals surface area contributed by atoms with Gasteiger partial charge in [-0.15, -0.1) is 0 Å². The number of benzene rings is 2. The molecule has 128 valence electrons. The van der Waals surface area contributed by atoms with Gasteiger partial charge in [0.1, 0.15) is 18.5 Å². The molecule has 0 unspecified atom stereocenters. The number of hydrogen-bond donors (Lipinski definition) is 1. The normalized spacial score (nSPS) is 11.3. The molecule has 1 amide bonds. The summed E-state index contributed by atoms with van der Waals surface area (Å²) in [6, 6.07) is 13.6. The Labute approximate surface area is 145 Å². The van der Waals surface area contributed by atoms with Crippen LogP contribution in [0.2, 0.25) is 0 Å². The Kier molecular flexibility index (Phi) is 4.61. The Morgan fingerprint density at radius 1 is 1.20 bits per heavy atom. The summed E-state index contributed by atoms with van der Waals surface area (Å²) in [4.78, 5) is 16.6. The van der Waals surface area contributed by atoms with Crippen molar-refractivity contribution in [3.63, 3.8) is 0 Å². The second kappa shape index (κ2) is 6.84. The number of hydrogen-bond acceptors (Lipinski definition) is 3. The van der Waals surface area contributed by atoms with Gasteiger partial charge in [0, 0.05) is 5.69 Å². The second-order valence-electron chi connectivity index (χ2n) is 6.38. The molecule has 25 heavy (non-hydrogen) atoms. The molecule has 3 aromatic rings. The molecule has 0 bridgehead atoms. The van der Waals surface area contributed by atoms with Gasteiger partial charge >= 0.3 is 0 Å². The van der Waals surface area contributed by atoms with Crippen LogP contribution in [-0.2, 0) is 16.8 Å². The minimum Gasteiger partial charge on any atom is -0.325 e. The zero-order chi connectivity index (χ0) is 17.9. The fourth-order valence-electron chi connectivity index (χ4n) is 2.53. The van der Waals surface area contributed by atoms with E-state index in [0.29, 0.717) is 12.2 Å². The molecule has 1 aromatic heterocycles. The highest BCUT2D eigenvalue weighted by Crippen LogP contribution is 2.25. The number of amides is 1. The van der Waals surface area contributed by atoms with Crippen molar-refractivity contribution in [2.75, 3.05) is 5.32 Å². The molecular weight excluding hydrogens is 319 g/mol. The van der Waals surface area contributed by atoms with E-state index in [0.717, 1.165) is 11.1 Å². The highest BCUT2D eigenvalue weighted by Gasteiger charge is 2.29. The largest absolute Gasteiger partial charge is 0.325 e. The van der Waals surface area contributed by atoms with Crippen molar-refractivity contribution < 1.29 is 9.18 Å². The first-order chi connectivity index (χ1) is 11.9. The molecule has 0 spiro atoms. The summed E-state index contributed by atoms with van der Waals surface area (Å²) in [7, 11) is 0. The van der Waals surface area contributed by atoms with Gasteiger partial charge in [0.2, 0.25) is 5.91 Å². The summed E-state index contributed by atoms with van der Waals surface area (Å²) in [5, 5.41) is 7.01. The molecule has 1 heterocycles. The zero-order valence-corrected chi connectivity index (χ0v) is 14.1. The van der Waals surface area contributed by atoms with E-state index in [2.05, 4.69) is 15.4 Å². The van der Waals surface area contributed by atoms with Gasteiger partial charge in [0.05, 0.1) is 12.0 Å². The summed E-state index contributed by atoms with van der Waals surface area (Å²) < 4.78 is 14.8. The highest BCUT2D eigenvalue weighted by atomic mass is 19.1. The summed E-state index contributed by atoms with van der Waals surface area (Å²) >= 11 is 0. The number of nitrogens with zero attached hydrogens (tertiary/aromatic N) is 3. The van der Waals surface area contributed by atoms with Crippen molar-refractivity contribution in [3.8, 4) is 0 Å². The Balaban J connectivity index is 1.75. The molecular formula is C19H19FN4O. The maximum atomic E-state index is 13.1. The topological polar surface area (TPSA) is 59.8 Å². The predicted octanol–water partition coefficient (Wildman–Crippen LogP) is 3.38. The van der Waals surface area contributed by atoms with Gasteiger partial charge in [0.25, 0.3) is 0 Å². The van der Waals surface area contributed by atoms with Crippen LogP contribution in [0.25, 0.3) is 0 Å². The van der Waals surface area contributed by atoms with Crippen LogP contribution in [0, 0.1) is 5.82 Å². The number of nitrogens with one attached hydrogen (secondary N) is 1. The molecule has 2 aromatic carbocycles. The van der Waals surface area contributed by atoms with Gasteiger partial charge in [-0.3, -0.25) is 4.79 Å². The SMILES string of the molecule is CC(C)(C(=O)Nc1cccc(Cn2cncn2)c1)c1ccc(F)cc1. The number of carbonyl (C=O) groups is 1. The van der Waals surface area contributed by atoms with E-state index in [1.165, 1.54) is 18.5 Å². The van der Waals surface area contributed by atoms with Gasteiger partial charge in [-0.1, -0.05) is 24.3 Å². The summed E-state index contributed by atoms with van der Waals surface area (Å²) in [6.45, 7) is 4.20. The van der Waals surface area contributed by atoms with E-state index in [-0.39, 0.29) is 11.7 Å². The van der Waals surface area contributed by atoms with Crippen LogP contribution >= 0.6 is 0 Å². The Morgan fingerprint density at radius 3 is 2.64 bits per heavy atom. The molecule has 3 rings (SSSR count). The van der Waals surface area contributed by atoms with E-state index in [1.54, 1.807) is 23.1 Å². The van der Waals surface area contributed by atoms with Crippen LogP contribution in [0.5, 0.6) is 0 Å².